The first-order valence-electron chi connectivity index (χ1n) is 4.49. The lowest BCUT2D eigenvalue weighted by molar-refractivity contribution is -0.126. The van der Waals surface area contributed by atoms with E-state index in [9.17, 15) is 17.6 Å². The second-order valence-corrected chi connectivity index (χ2v) is 4.51. The maximum atomic E-state index is 12.5. The molecule has 0 spiro atoms. The second-order valence-electron chi connectivity index (χ2n) is 3.36. The number of hydrogen-bond acceptors (Lipinski definition) is 2. The van der Waals surface area contributed by atoms with Crippen LogP contribution in [-0.4, -0.2) is 36.4 Å². The van der Waals surface area contributed by atoms with Gasteiger partial charge in [-0.1, -0.05) is 0 Å². The number of nitrogens with one attached hydrogen (secondary N) is 1. The van der Waals surface area contributed by atoms with Crippen molar-refractivity contribution in [1.82, 2.24) is 5.32 Å². The molecule has 1 heterocycles. The Bertz CT molecular complexity index is 171. The third-order valence-electron chi connectivity index (χ3n) is 2.11. The largest absolute Gasteiger partial charge is 0.319 e. The molecular weight excluding hydrogens is 218 g/mol. The van der Waals surface area contributed by atoms with E-state index < -0.39 is 18.9 Å². The molecule has 0 aromatic heterocycles. The van der Waals surface area contributed by atoms with Crippen LogP contribution in [0.1, 0.15) is 12.8 Å². The van der Waals surface area contributed by atoms with Crippen molar-refractivity contribution in [2.75, 3.05) is 18.1 Å². The molecule has 1 aliphatic heterocycles. The van der Waals surface area contributed by atoms with Crippen LogP contribution in [0, 0.1) is 0 Å². The summed E-state index contributed by atoms with van der Waals surface area (Å²) in [5.41, 5.74) is 0. The van der Waals surface area contributed by atoms with Gasteiger partial charge in [-0.05, 0) is 18.6 Å². The van der Waals surface area contributed by atoms with Crippen LogP contribution in [0.2, 0.25) is 0 Å². The Morgan fingerprint density at radius 2 is 2.14 bits per heavy atom. The molecule has 0 radical (unpaired) electrons. The average molecular weight is 231 g/mol. The number of halogens is 4. The third kappa shape index (κ3) is 3.65. The van der Waals surface area contributed by atoms with Crippen molar-refractivity contribution in [3.63, 3.8) is 0 Å². The maximum absolute atomic E-state index is 12.5. The molecule has 1 atom stereocenters. The van der Waals surface area contributed by atoms with Gasteiger partial charge in [0.05, 0.1) is 6.54 Å². The van der Waals surface area contributed by atoms with Crippen molar-refractivity contribution >= 4 is 11.8 Å². The van der Waals surface area contributed by atoms with Gasteiger partial charge in [0.25, 0.3) is 0 Å². The lowest BCUT2D eigenvalue weighted by Crippen LogP contribution is -2.44. The summed E-state index contributed by atoms with van der Waals surface area (Å²) in [6.45, 7) is -0.921. The van der Waals surface area contributed by atoms with Gasteiger partial charge in [0.1, 0.15) is 0 Å². The van der Waals surface area contributed by atoms with E-state index in [2.05, 4.69) is 5.32 Å². The SMILES string of the molecule is FC(F)C(F)(F)CNC1CCCSC1. The topological polar surface area (TPSA) is 12.0 Å². The van der Waals surface area contributed by atoms with Gasteiger partial charge in [-0.25, -0.2) is 8.78 Å². The lowest BCUT2D eigenvalue weighted by Gasteiger charge is -2.25. The summed E-state index contributed by atoms with van der Waals surface area (Å²) < 4.78 is 48.5. The molecule has 6 heteroatoms. The highest BCUT2D eigenvalue weighted by molar-refractivity contribution is 7.99. The second kappa shape index (κ2) is 5.21. The first-order chi connectivity index (χ1) is 6.52. The number of thioether (sulfide) groups is 1. The standard InChI is InChI=1S/C8H13F4NS/c9-7(10)8(11,12)5-13-6-2-1-3-14-4-6/h6-7,13H,1-5H2. The van der Waals surface area contributed by atoms with Crippen LogP contribution in [0.4, 0.5) is 17.6 Å². The van der Waals surface area contributed by atoms with E-state index in [4.69, 9.17) is 0 Å². The highest BCUT2D eigenvalue weighted by atomic mass is 32.2. The highest BCUT2D eigenvalue weighted by Crippen LogP contribution is 2.23. The summed E-state index contributed by atoms with van der Waals surface area (Å²) in [5, 5.41) is 2.49. The molecule has 0 aliphatic carbocycles. The Labute approximate surface area is 84.6 Å². The van der Waals surface area contributed by atoms with E-state index in [-0.39, 0.29) is 6.04 Å². The quantitative estimate of drug-likeness (QED) is 0.745. The van der Waals surface area contributed by atoms with Crippen molar-refractivity contribution in [1.29, 1.82) is 0 Å². The van der Waals surface area contributed by atoms with Gasteiger partial charge in [-0.3, -0.25) is 0 Å². The van der Waals surface area contributed by atoms with Crippen LogP contribution in [0.15, 0.2) is 0 Å². The van der Waals surface area contributed by atoms with Crippen LogP contribution < -0.4 is 5.32 Å². The Morgan fingerprint density at radius 3 is 2.64 bits per heavy atom. The molecule has 1 fully saturated rings. The van der Waals surface area contributed by atoms with Crippen LogP contribution >= 0.6 is 11.8 Å². The molecule has 1 N–H and O–H groups in total. The van der Waals surface area contributed by atoms with Gasteiger partial charge in [0.2, 0.25) is 0 Å². The molecule has 0 aromatic carbocycles. The first kappa shape index (κ1) is 12.1. The van der Waals surface area contributed by atoms with Crippen molar-refractivity contribution in [2.45, 2.75) is 31.2 Å². The number of rotatable bonds is 4. The summed E-state index contributed by atoms with van der Waals surface area (Å²) in [6, 6.07) is -0.0432. The molecule has 1 aliphatic rings. The van der Waals surface area contributed by atoms with E-state index in [0.29, 0.717) is 0 Å². The highest BCUT2D eigenvalue weighted by Gasteiger charge is 2.40. The molecule has 1 saturated heterocycles. The summed E-state index contributed by atoms with van der Waals surface area (Å²) in [7, 11) is 0. The minimum Gasteiger partial charge on any atom is -0.307 e. The van der Waals surface area contributed by atoms with Gasteiger partial charge in [-0.15, -0.1) is 0 Å². The summed E-state index contributed by atoms with van der Waals surface area (Å²) in [4.78, 5) is 0. The molecule has 0 saturated carbocycles. The zero-order valence-corrected chi connectivity index (χ0v) is 8.43. The monoisotopic (exact) mass is 231 g/mol. The van der Waals surface area contributed by atoms with Crippen LogP contribution in [0.3, 0.4) is 0 Å². The Balaban J connectivity index is 2.24. The van der Waals surface area contributed by atoms with Crippen molar-refractivity contribution in [3.8, 4) is 0 Å². The number of alkyl halides is 4. The predicted molar refractivity (Wildman–Crippen MR) is 49.3 cm³/mol. The van der Waals surface area contributed by atoms with Gasteiger partial charge in [-0.2, -0.15) is 20.5 Å². The van der Waals surface area contributed by atoms with E-state index in [1.807, 2.05) is 0 Å². The Morgan fingerprint density at radius 1 is 1.43 bits per heavy atom. The third-order valence-corrected chi connectivity index (χ3v) is 3.32. The molecule has 0 amide bonds. The van der Waals surface area contributed by atoms with E-state index in [1.54, 1.807) is 11.8 Å². The fraction of sp³-hybridized carbons (Fsp3) is 1.00. The van der Waals surface area contributed by atoms with E-state index in [0.717, 1.165) is 24.3 Å². The minimum absolute atomic E-state index is 0.0432. The Kier molecular flexibility index (Phi) is 4.50. The van der Waals surface area contributed by atoms with Crippen molar-refractivity contribution < 1.29 is 17.6 Å². The van der Waals surface area contributed by atoms with Gasteiger partial charge in [0, 0.05) is 11.8 Å². The van der Waals surface area contributed by atoms with Crippen LogP contribution in [0.5, 0.6) is 0 Å². The van der Waals surface area contributed by atoms with Crippen LogP contribution in [0.25, 0.3) is 0 Å². The maximum Gasteiger partial charge on any atom is 0.319 e. The molecule has 0 bridgehead atoms. The van der Waals surface area contributed by atoms with Crippen LogP contribution in [-0.2, 0) is 0 Å². The normalized spacial score (nSPS) is 24.2. The van der Waals surface area contributed by atoms with Gasteiger partial charge in [0.15, 0.2) is 0 Å². The van der Waals surface area contributed by atoms with E-state index in [1.165, 1.54) is 0 Å². The Hall–Kier alpha value is 0.0300. The number of hydrogen-bond donors (Lipinski definition) is 1. The molecular formula is C8H13F4NS. The fourth-order valence-electron chi connectivity index (χ4n) is 1.26. The molecule has 14 heavy (non-hydrogen) atoms. The molecule has 1 rings (SSSR count). The van der Waals surface area contributed by atoms with Crippen molar-refractivity contribution in [3.05, 3.63) is 0 Å². The first-order valence-corrected chi connectivity index (χ1v) is 5.65. The predicted octanol–water partition coefficient (Wildman–Crippen LogP) is 2.37. The average Bonchev–Trinajstić information content (AvgIpc) is 2.16. The molecule has 0 aromatic rings. The summed E-state index contributed by atoms with van der Waals surface area (Å²) in [6.07, 6.45) is -1.82. The minimum atomic E-state index is -3.90. The van der Waals surface area contributed by atoms with Gasteiger partial charge >= 0.3 is 12.3 Å². The zero-order valence-electron chi connectivity index (χ0n) is 7.61. The smallest absolute Gasteiger partial charge is 0.307 e. The molecule has 1 unspecified atom stereocenters. The van der Waals surface area contributed by atoms with E-state index >= 15 is 0 Å². The van der Waals surface area contributed by atoms with Gasteiger partial charge < -0.3 is 5.32 Å². The molecule has 84 valence electrons. The zero-order chi connectivity index (χ0) is 10.6. The molecule has 1 nitrogen and oxygen atoms in total. The lowest BCUT2D eigenvalue weighted by atomic mass is 10.2. The fourth-order valence-corrected chi connectivity index (χ4v) is 2.37. The summed E-state index contributed by atoms with van der Waals surface area (Å²) >= 11 is 1.67. The van der Waals surface area contributed by atoms with Crippen molar-refractivity contribution in [2.24, 2.45) is 0 Å². The summed E-state index contributed by atoms with van der Waals surface area (Å²) in [5.74, 6) is -2.13.